The fourth-order valence-corrected chi connectivity index (χ4v) is 13.4. The second-order valence-corrected chi connectivity index (χ2v) is 31.6. The Morgan fingerprint density at radius 2 is 0.479 bits per heavy atom. The van der Waals surface area contributed by atoms with Crippen LogP contribution < -0.4 is 0 Å². The number of hydrogen-bond donors (Lipinski definition) is 3. The second-order valence-electron chi connectivity index (χ2n) is 28.7. The topological polar surface area (TPSA) is 237 Å². The first kappa shape index (κ1) is 94.1. The number of carbonyl (C=O) groups excluding carboxylic acids is 4. The van der Waals surface area contributed by atoms with Crippen LogP contribution in [0.2, 0.25) is 0 Å². The Hall–Kier alpha value is -1.94. The SMILES string of the molecule is CCCCCCCCCCCCCCCCCCCCCCC(=O)O[C@H](COC(=O)CCCCCCCCCCCCCCCCCCCC)COP(=O)(O)OC[C@@H](O)COP(=O)(O)OC[C@@H](COC(=O)CCCCCCCCC(C)C)OC(=O)CCCCCCCCC(C)C. The van der Waals surface area contributed by atoms with Crippen LogP contribution in [0.3, 0.4) is 0 Å². The maximum absolute atomic E-state index is 13.1. The molecule has 0 aromatic heterocycles. The van der Waals surface area contributed by atoms with Crippen LogP contribution in [-0.2, 0) is 65.4 Å². The maximum Gasteiger partial charge on any atom is 0.472 e. The summed E-state index contributed by atoms with van der Waals surface area (Å²) < 4.78 is 68.4. The van der Waals surface area contributed by atoms with Crippen LogP contribution in [0.5, 0.6) is 0 Å². The maximum atomic E-state index is 13.1. The number of phosphoric acid groups is 2. The summed E-state index contributed by atoms with van der Waals surface area (Å²) >= 11 is 0. The lowest BCUT2D eigenvalue weighted by Gasteiger charge is -2.21. The Morgan fingerprint density at radius 1 is 0.281 bits per heavy atom. The monoisotopic (exact) mass is 1410 g/mol. The molecule has 0 aliphatic rings. The van der Waals surface area contributed by atoms with E-state index in [0.29, 0.717) is 37.5 Å². The molecular weight excluding hydrogens is 1260 g/mol. The molecule has 0 aliphatic carbocycles. The van der Waals surface area contributed by atoms with E-state index in [0.717, 1.165) is 96.3 Å². The van der Waals surface area contributed by atoms with Gasteiger partial charge in [0.1, 0.15) is 19.3 Å². The first-order chi connectivity index (χ1) is 46.4. The van der Waals surface area contributed by atoms with Gasteiger partial charge in [-0.15, -0.1) is 0 Å². The predicted octanol–water partition coefficient (Wildman–Crippen LogP) is 22.7. The Bertz CT molecular complexity index is 1860. The summed E-state index contributed by atoms with van der Waals surface area (Å²) in [4.78, 5) is 72.7. The lowest BCUT2D eigenvalue weighted by molar-refractivity contribution is -0.161. The minimum absolute atomic E-state index is 0.101. The van der Waals surface area contributed by atoms with Crippen molar-refractivity contribution >= 4 is 39.5 Å². The lowest BCUT2D eigenvalue weighted by atomic mass is 10.0. The highest BCUT2D eigenvalue weighted by molar-refractivity contribution is 7.47. The number of phosphoric ester groups is 2. The summed E-state index contributed by atoms with van der Waals surface area (Å²) in [6.45, 7) is 9.42. The van der Waals surface area contributed by atoms with Crippen LogP contribution in [0.15, 0.2) is 0 Å². The van der Waals surface area contributed by atoms with Crippen LogP contribution in [0.25, 0.3) is 0 Å². The third-order valence-corrected chi connectivity index (χ3v) is 19.9. The molecule has 0 bridgehead atoms. The molecule has 5 atom stereocenters. The lowest BCUT2D eigenvalue weighted by Crippen LogP contribution is -2.30. The van der Waals surface area contributed by atoms with Crippen LogP contribution in [0, 0.1) is 11.8 Å². The molecule has 0 heterocycles. The first-order valence-electron chi connectivity index (χ1n) is 40.0. The highest BCUT2D eigenvalue weighted by Crippen LogP contribution is 2.45. The van der Waals surface area contributed by atoms with Crippen molar-refractivity contribution in [1.82, 2.24) is 0 Å². The summed E-state index contributed by atoms with van der Waals surface area (Å²) in [6.07, 6.45) is 57.5. The summed E-state index contributed by atoms with van der Waals surface area (Å²) in [5.41, 5.74) is 0. The van der Waals surface area contributed by atoms with Crippen molar-refractivity contribution in [1.29, 1.82) is 0 Å². The number of ether oxygens (including phenoxy) is 4. The second kappa shape index (κ2) is 68.8. The smallest absolute Gasteiger partial charge is 0.462 e. The van der Waals surface area contributed by atoms with Gasteiger partial charge in [0, 0.05) is 25.7 Å². The molecule has 17 nitrogen and oxygen atoms in total. The van der Waals surface area contributed by atoms with Crippen LogP contribution >= 0.6 is 15.6 Å². The third kappa shape index (κ3) is 70.5. The molecule has 0 aromatic carbocycles. The van der Waals surface area contributed by atoms with Crippen molar-refractivity contribution in [2.45, 2.75) is 419 Å². The molecule has 0 amide bonds. The zero-order valence-corrected chi connectivity index (χ0v) is 64.5. The van der Waals surface area contributed by atoms with Crippen molar-refractivity contribution in [3.05, 3.63) is 0 Å². The zero-order chi connectivity index (χ0) is 70.7. The van der Waals surface area contributed by atoms with Crippen LogP contribution in [0.1, 0.15) is 401 Å². The summed E-state index contributed by atoms with van der Waals surface area (Å²) in [6, 6.07) is 0. The van der Waals surface area contributed by atoms with Crippen molar-refractivity contribution in [2.24, 2.45) is 11.8 Å². The average Bonchev–Trinajstić information content (AvgIpc) is 1.35. The fraction of sp³-hybridized carbons (Fsp3) is 0.948. The van der Waals surface area contributed by atoms with Crippen molar-refractivity contribution in [3.8, 4) is 0 Å². The Morgan fingerprint density at radius 3 is 0.708 bits per heavy atom. The third-order valence-electron chi connectivity index (χ3n) is 18.0. The number of unbranched alkanes of at least 4 members (excludes halogenated alkanes) is 46. The van der Waals surface area contributed by atoms with E-state index in [9.17, 15) is 43.2 Å². The molecule has 0 fully saturated rings. The molecule has 0 radical (unpaired) electrons. The van der Waals surface area contributed by atoms with Gasteiger partial charge in [-0.1, -0.05) is 350 Å². The molecular formula is C77H150O17P2. The number of carbonyl (C=O) groups is 4. The van der Waals surface area contributed by atoms with Crippen molar-refractivity contribution in [3.63, 3.8) is 0 Å². The highest BCUT2D eigenvalue weighted by atomic mass is 31.2. The minimum atomic E-state index is -4.96. The molecule has 0 rings (SSSR count). The molecule has 19 heteroatoms. The number of aliphatic hydroxyl groups excluding tert-OH is 1. The Kier molecular flexibility index (Phi) is 67.4. The molecule has 0 spiro atoms. The van der Waals surface area contributed by atoms with Crippen LogP contribution in [-0.4, -0.2) is 96.7 Å². The van der Waals surface area contributed by atoms with Gasteiger partial charge >= 0.3 is 39.5 Å². The largest absolute Gasteiger partial charge is 0.472 e. The normalized spacial score (nSPS) is 14.0. The molecule has 570 valence electrons. The van der Waals surface area contributed by atoms with E-state index < -0.39 is 97.5 Å². The first-order valence-corrected chi connectivity index (χ1v) is 43.0. The number of esters is 4. The molecule has 96 heavy (non-hydrogen) atoms. The van der Waals surface area contributed by atoms with Gasteiger partial charge in [-0.2, -0.15) is 0 Å². The Balaban J connectivity index is 5.18. The number of aliphatic hydroxyl groups is 1. The van der Waals surface area contributed by atoms with Gasteiger partial charge in [-0.25, -0.2) is 9.13 Å². The zero-order valence-electron chi connectivity index (χ0n) is 62.7. The van der Waals surface area contributed by atoms with Crippen molar-refractivity contribution in [2.75, 3.05) is 39.6 Å². The summed E-state index contributed by atoms with van der Waals surface area (Å²) in [7, 11) is -9.91. The molecule has 2 unspecified atom stereocenters. The quantitative estimate of drug-likeness (QED) is 0.0222. The van der Waals surface area contributed by atoms with Gasteiger partial charge in [0.25, 0.3) is 0 Å². The molecule has 0 saturated carbocycles. The van der Waals surface area contributed by atoms with E-state index in [4.69, 9.17) is 37.0 Å². The Labute approximate surface area is 588 Å². The minimum Gasteiger partial charge on any atom is -0.462 e. The van der Waals surface area contributed by atoms with Crippen molar-refractivity contribution < 1.29 is 80.2 Å². The van der Waals surface area contributed by atoms with E-state index in [1.807, 2.05) is 0 Å². The molecule has 0 aliphatic heterocycles. The average molecular weight is 1410 g/mol. The number of rotatable bonds is 76. The van der Waals surface area contributed by atoms with E-state index >= 15 is 0 Å². The van der Waals surface area contributed by atoms with Gasteiger partial charge in [-0.05, 0) is 37.5 Å². The molecule has 3 N–H and O–H groups in total. The van der Waals surface area contributed by atoms with Gasteiger partial charge in [-0.3, -0.25) is 37.3 Å². The van der Waals surface area contributed by atoms with Gasteiger partial charge in [0.2, 0.25) is 0 Å². The predicted molar refractivity (Wildman–Crippen MR) is 391 cm³/mol. The van der Waals surface area contributed by atoms with Gasteiger partial charge < -0.3 is 33.8 Å². The summed E-state index contributed by atoms with van der Waals surface area (Å²) in [5, 5.41) is 10.6. The fourth-order valence-electron chi connectivity index (χ4n) is 11.8. The number of hydrogen-bond acceptors (Lipinski definition) is 15. The highest BCUT2D eigenvalue weighted by Gasteiger charge is 2.30. The van der Waals surface area contributed by atoms with E-state index in [1.54, 1.807) is 0 Å². The van der Waals surface area contributed by atoms with Crippen LogP contribution in [0.4, 0.5) is 0 Å². The molecule has 0 aromatic rings. The van der Waals surface area contributed by atoms with E-state index in [-0.39, 0.29) is 25.7 Å². The standard InChI is InChI=1S/C77H150O17P2/c1-7-9-11-13-15-17-19-21-23-25-27-28-30-32-34-36-38-40-49-55-61-76(81)93-72(65-87-74(79)59-53-47-39-37-35-33-31-29-26-24-22-20-18-16-14-12-10-8-2)67-91-95(83,84)89-63-71(78)64-90-96(85,86)92-68-73(94-77(82)62-56-50-44-42-46-52-58-70(5)6)66-88-75(80)60-54-48-43-41-45-51-57-69(3)4/h69-73,78H,7-68H2,1-6H3,(H,83,84)(H,85,86)/t71-,72-,73-/m1/s1. The molecule has 0 saturated heterocycles. The van der Waals surface area contributed by atoms with E-state index in [1.165, 1.54) is 212 Å². The van der Waals surface area contributed by atoms with Gasteiger partial charge in [0.05, 0.1) is 26.4 Å². The van der Waals surface area contributed by atoms with E-state index in [2.05, 4.69) is 41.5 Å². The summed E-state index contributed by atoms with van der Waals surface area (Å²) in [5.74, 6) is -0.774. The van der Waals surface area contributed by atoms with Gasteiger partial charge in [0.15, 0.2) is 12.2 Å².